The lowest BCUT2D eigenvalue weighted by Gasteiger charge is -2.24. The van der Waals surface area contributed by atoms with E-state index in [4.69, 9.17) is 0 Å². The van der Waals surface area contributed by atoms with E-state index in [9.17, 15) is 9.59 Å². The largest absolute Gasteiger partial charge is 0.371 e. The third-order valence-electron chi connectivity index (χ3n) is 6.32. The number of fused-ring (bicyclic) bond motifs is 4. The molecular weight excluding hydrogens is 386 g/mol. The van der Waals surface area contributed by atoms with Gasteiger partial charge < -0.3 is 14.5 Å². The van der Waals surface area contributed by atoms with Crippen molar-refractivity contribution in [2.75, 3.05) is 18.0 Å². The van der Waals surface area contributed by atoms with Crippen molar-refractivity contribution in [3.8, 4) is 0 Å². The van der Waals surface area contributed by atoms with Crippen LogP contribution in [0.25, 0.3) is 43.6 Å². The predicted molar refractivity (Wildman–Crippen MR) is 131 cm³/mol. The Morgan fingerprint density at radius 1 is 0.774 bits per heavy atom. The lowest BCUT2D eigenvalue weighted by atomic mass is 10.0. The van der Waals surface area contributed by atoms with Gasteiger partial charge in [-0.25, -0.2) is 0 Å². The Bertz CT molecular complexity index is 1590. The minimum atomic E-state index is -0.0154. The normalized spacial score (nSPS) is 11.7. The van der Waals surface area contributed by atoms with Crippen LogP contribution in [-0.2, 0) is 6.54 Å². The van der Waals surface area contributed by atoms with Gasteiger partial charge in [-0.15, -0.1) is 0 Å². The van der Waals surface area contributed by atoms with Gasteiger partial charge in [-0.1, -0.05) is 18.2 Å². The molecule has 0 aliphatic carbocycles. The minimum absolute atomic E-state index is 0.00751. The number of hydrogen-bond acceptors (Lipinski definition) is 3. The molecule has 0 aliphatic rings. The van der Waals surface area contributed by atoms with Crippen LogP contribution in [0.1, 0.15) is 20.8 Å². The molecule has 1 N–H and O–H groups in total. The van der Waals surface area contributed by atoms with E-state index < -0.39 is 0 Å². The minimum Gasteiger partial charge on any atom is -0.371 e. The van der Waals surface area contributed by atoms with Crippen molar-refractivity contribution in [2.24, 2.45) is 0 Å². The summed E-state index contributed by atoms with van der Waals surface area (Å²) in [4.78, 5) is 32.5. The molecule has 0 aliphatic heterocycles. The van der Waals surface area contributed by atoms with Crippen molar-refractivity contribution in [2.45, 2.75) is 27.3 Å². The molecule has 5 nitrogen and oxygen atoms in total. The second kappa shape index (κ2) is 7.27. The van der Waals surface area contributed by atoms with Crippen LogP contribution in [0, 0.1) is 0 Å². The van der Waals surface area contributed by atoms with E-state index >= 15 is 0 Å². The highest BCUT2D eigenvalue weighted by Gasteiger charge is 2.17. The molecule has 2 heterocycles. The Morgan fingerprint density at radius 2 is 1.55 bits per heavy atom. The number of benzene rings is 3. The highest BCUT2D eigenvalue weighted by molar-refractivity contribution is 6.05. The van der Waals surface area contributed by atoms with Gasteiger partial charge in [0.1, 0.15) is 0 Å². The van der Waals surface area contributed by atoms with Crippen molar-refractivity contribution in [3.05, 3.63) is 75.0 Å². The Morgan fingerprint density at radius 3 is 2.29 bits per heavy atom. The topological polar surface area (TPSA) is 58.1 Å². The summed E-state index contributed by atoms with van der Waals surface area (Å²) < 4.78 is 2.15. The Labute approximate surface area is 179 Å². The van der Waals surface area contributed by atoms with Gasteiger partial charge in [0.25, 0.3) is 0 Å². The number of hydrogen-bond donors (Lipinski definition) is 1. The van der Waals surface area contributed by atoms with Gasteiger partial charge in [-0.05, 0) is 57.2 Å². The zero-order valence-electron chi connectivity index (χ0n) is 18.0. The average molecular weight is 412 g/mol. The maximum absolute atomic E-state index is 13.8. The van der Waals surface area contributed by atoms with E-state index in [2.05, 4.69) is 35.2 Å². The fourth-order valence-electron chi connectivity index (χ4n) is 4.78. The molecule has 0 saturated carbocycles. The summed E-state index contributed by atoms with van der Waals surface area (Å²) in [5.74, 6) is 0. The van der Waals surface area contributed by atoms with Crippen molar-refractivity contribution >= 4 is 49.3 Å². The van der Waals surface area contributed by atoms with Gasteiger partial charge >= 0.3 is 0 Å². The van der Waals surface area contributed by atoms with Gasteiger partial charge in [0, 0.05) is 41.3 Å². The quantitative estimate of drug-likeness (QED) is 0.423. The van der Waals surface area contributed by atoms with E-state index in [-0.39, 0.29) is 10.9 Å². The summed E-state index contributed by atoms with van der Waals surface area (Å²) in [6, 6.07) is 17.3. The Hall–Kier alpha value is -3.60. The van der Waals surface area contributed by atoms with Crippen LogP contribution in [0.5, 0.6) is 0 Å². The number of rotatable bonds is 4. The number of pyridine rings is 2. The zero-order chi connectivity index (χ0) is 21.7. The van der Waals surface area contributed by atoms with E-state index in [0.717, 1.165) is 40.7 Å². The molecular formula is C26H25N3O2. The molecule has 5 heteroatoms. The van der Waals surface area contributed by atoms with Crippen LogP contribution < -0.4 is 15.8 Å². The second-order valence-corrected chi connectivity index (χ2v) is 7.83. The maximum Gasteiger partial charge on any atom is 0.199 e. The number of H-pyrrole nitrogens is 1. The molecule has 5 rings (SSSR count). The van der Waals surface area contributed by atoms with Gasteiger partial charge in [-0.3, -0.25) is 9.59 Å². The van der Waals surface area contributed by atoms with E-state index in [1.54, 1.807) is 0 Å². The first kappa shape index (κ1) is 19.4. The first-order chi connectivity index (χ1) is 15.1. The standard InChI is InChI=1S/C26H25N3O2/c1-4-28(5-2)21-12-9-13-22-24(21)26(31)18-14-20-17(15-23(18)29(22)6-3)25(30)16-10-7-8-11-19(16)27-20/h7-15H,4-6H2,1-3H3,(H,27,30). The number of nitrogens with zero attached hydrogens (tertiary/aromatic N) is 2. The first-order valence-electron chi connectivity index (χ1n) is 10.9. The highest BCUT2D eigenvalue weighted by atomic mass is 16.1. The first-order valence-corrected chi connectivity index (χ1v) is 10.9. The van der Waals surface area contributed by atoms with Crippen LogP contribution in [0.3, 0.4) is 0 Å². The molecule has 0 spiro atoms. The summed E-state index contributed by atoms with van der Waals surface area (Å²) in [6.45, 7) is 8.64. The molecule has 0 bridgehead atoms. The van der Waals surface area contributed by atoms with Gasteiger partial charge in [-0.2, -0.15) is 0 Å². The fourth-order valence-corrected chi connectivity index (χ4v) is 4.78. The summed E-state index contributed by atoms with van der Waals surface area (Å²) in [5, 5.41) is 2.63. The molecule has 31 heavy (non-hydrogen) atoms. The molecule has 5 aromatic rings. The van der Waals surface area contributed by atoms with Gasteiger partial charge in [0.15, 0.2) is 10.9 Å². The maximum atomic E-state index is 13.8. The summed E-state index contributed by atoms with van der Waals surface area (Å²) in [7, 11) is 0. The van der Waals surface area contributed by atoms with Crippen molar-refractivity contribution in [3.63, 3.8) is 0 Å². The third-order valence-corrected chi connectivity index (χ3v) is 6.32. The second-order valence-electron chi connectivity index (χ2n) is 7.83. The molecule has 0 amide bonds. The number of aryl methyl sites for hydroxylation is 1. The van der Waals surface area contributed by atoms with Crippen LogP contribution in [0.2, 0.25) is 0 Å². The van der Waals surface area contributed by atoms with E-state index in [1.807, 2.05) is 54.6 Å². The smallest absolute Gasteiger partial charge is 0.199 e. The predicted octanol–water partition coefficient (Wildman–Crippen LogP) is 5.02. The number of anilines is 1. The average Bonchev–Trinajstić information content (AvgIpc) is 2.80. The van der Waals surface area contributed by atoms with Crippen LogP contribution >= 0.6 is 0 Å². The highest BCUT2D eigenvalue weighted by Crippen LogP contribution is 2.29. The van der Waals surface area contributed by atoms with Crippen LogP contribution in [-0.4, -0.2) is 22.6 Å². The summed E-state index contributed by atoms with van der Waals surface area (Å²) >= 11 is 0. The number of para-hydroxylation sites is 1. The SMILES string of the molecule is CCN(CC)c1cccc2c1c(=O)c1cc3[nH]c4ccccc4c(=O)c3cc1n2CC. The third kappa shape index (κ3) is 2.76. The van der Waals surface area contributed by atoms with E-state index in [1.165, 1.54) is 0 Å². The van der Waals surface area contributed by atoms with Crippen molar-refractivity contribution in [1.82, 2.24) is 9.55 Å². The number of aromatic amines is 1. The summed E-state index contributed by atoms with van der Waals surface area (Å²) in [5.41, 5.74) is 4.12. The monoisotopic (exact) mass is 411 g/mol. The van der Waals surface area contributed by atoms with Crippen LogP contribution in [0.4, 0.5) is 5.69 Å². The lowest BCUT2D eigenvalue weighted by Crippen LogP contribution is -2.24. The number of aromatic nitrogens is 2. The molecule has 0 radical (unpaired) electrons. The summed E-state index contributed by atoms with van der Waals surface area (Å²) in [6.07, 6.45) is 0. The number of nitrogens with one attached hydrogen (secondary N) is 1. The van der Waals surface area contributed by atoms with Crippen LogP contribution in [0.15, 0.2) is 64.2 Å². The molecule has 2 aromatic heterocycles. The Balaban J connectivity index is 2.00. The molecule has 0 fully saturated rings. The van der Waals surface area contributed by atoms with Gasteiger partial charge in [0.05, 0.1) is 27.6 Å². The lowest BCUT2D eigenvalue weighted by molar-refractivity contribution is 0.820. The zero-order valence-corrected chi connectivity index (χ0v) is 18.0. The molecule has 3 aromatic carbocycles. The Kier molecular flexibility index (Phi) is 4.54. The van der Waals surface area contributed by atoms with Crippen molar-refractivity contribution in [1.29, 1.82) is 0 Å². The fraction of sp³-hybridized carbons (Fsp3) is 0.231. The molecule has 0 unspecified atom stereocenters. The molecule has 0 atom stereocenters. The molecule has 156 valence electrons. The molecule has 0 saturated heterocycles. The van der Waals surface area contributed by atoms with Crippen molar-refractivity contribution < 1.29 is 0 Å². The van der Waals surface area contributed by atoms with E-state index in [0.29, 0.717) is 28.2 Å². The van der Waals surface area contributed by atoms with Gasteiger partial charge in [0.2, 0.25) is 0 Å².